The molecular weight excluding hydrogens is 312 g/mol. The number of carbonyl (C=O) groups is 1. The molecule has 8 heteroatoms. The Labute approximate surface area is 127 Å². The van der Waals surface area contributed by atoms with Crippen LogP contribution in [0.2, 0.25) is 0 Å². The van der Waals surface area contributed by atoms with Crippen LogP contribution in [0.5, 0.6) is 0 Å². The molecule has 21 heavy (non-hydrogen) atoms. The van der Waals surface area contributed by atoms with E-state index < -0.39 is 22.0 Å². The van der Waals surface area contributed by atoms with Gasteiger partial charge in [-0.1, -0.05) is 6.42 Å². The highest BCUT2D eigenvalue weighted by atomic mass is 32.2. The van der Waals surface area contributed by atoms with Crippen LogP contribution in [-0.4, -0.2) is 27.5 Å². The molecule has 114 valence electrons. The van der Waals surface area contributed by atoms with Gasteiger partial charge in [0.05, 0.1) is 19.1 Å². The molecule has 6 nitrogen and oxygen atoms in total. The molecule has 2 unspecified atom stereocenters. The molecule has 0 spiro atoms. The van der Waals surface area contributed by atoms with Crippen molar-refractivity contribution in [2.24, 2.45) is 5.92 Å². The van der Waals surface area contributed by atoms with Gasteiger partial charge in [-0.25, -0.2) is 17.9 Å². The van der Waals surface area contributed by atoms with Crippen LogP contribution in [0.25, 0.3) is 0 Å². The Balaban J connectivity index is 2.34. The molecule has 0 bridgehead atoms. The summed E-state index contributed by atoms with van der Waals surface area (Å²) in [6, 6.07) is 1.73. The van der Waals surface area contributed by atoms with Gasteiger partial charge in [-0.15, -0.1) is 11.3 Å². The zero-order chi connectivity index (χ0) is 15.6. The topological polar surface area (TPSA) is 96.3 Å². The number of hydrogen-bond donors (Lipinski definition) is 1. The smallest absolute Gasteiger partial charge is 0.349 e. The number of ether oxygens (including phenoxy) is 1. The maximum atomic E-state index is 12.6. The maximum absolute atomic E-state index is 12.6. The minimum Gasteiger partial charge on any atom is -0.465 e. The van der Waals surface area contributed by atoms with Gasteiger partial charge in [0, 0.05) is 6.04 Å². The van der Waals surface area contributed by atoms with Gasteiger partial charge in [0.1, 0.15) is 9.77 Å². The molecule has 1 aromatic rings. The highest BCUT2D eigenvalue weighted by molar-refractivity contribution is 7.89. The molecule has 1 saturated carbocycles. The molecule has 2 atom stereocenters. The third-order valence-corrected chi connectivity index (χ3v) is 6.43. The number of methoxy groups -OCH3 is 1. The molecule has 1 aliphatic rings. The van der Waals surface area contributed by atoms with Gasteiger partial charge in [-0.3, -0.25) is 0 Å². The maximum Gasteiger partial charge on any atom is 0.349 e. The Kier molecular flexibility index (Phi) is 4.66. The number of esters is 1. The van der Waals surface area contributed by atoms with Crippen molar-refractivity contribution in [3.63, 3.8) is 0 Å². The quantitative estimate of drug-likeness (QED) is 0.850. The third-order valence-electron chi connectivity index (χ3n) is 3.55. The predicted octanol–water partition coefficient (Wildman–Crippen LogP) is 1.81. The van der Waals surface area contributed by atoms with Crippen molar-refractivity contribution >= 4 is 27.3 Å². The molecule has 1 aliphatic carbocycles. The molecule has 0 saturated heterocycles. The van der Waals surface area contributed by atoms with Crippen LogP contribution in [0, 0.1) is 24.2 Å². The number of thiophene rings is 1. The lowest BCUT2D eigenvalue weighted by atomic mass is 10.1. The van der Waals surface area contributed by atoms with E-state index in [0.717, 1.165) is 17.8 Å². The highest BCUT2D eigenvalue weighted by Gasteiger charge is 2.34. The number of hydrogen-bond acceptors (Lipinski definition) is 6. The molecule has 0 radical (unpaired) electrons. The van der Waals surface area contributed by atoms with Crippen molar-refractivity contribution in [3.8, 4) is 6.07 Å². The Morgan fingerprint density at radius 2 is 2.24 bits per heavy atom. The fraction of sp³-hybridized carbons (Fsp3) is 0.538. The van der Waals surface area contributed by atoms with Gasteiger partial charge < -0.3 is 4.74 Å². The van der Waals surface area contributed by atoms with E-state index >= 15 is 0 Å². The number of sulfonamides is 1. The second-order valence-electron chi connectivity index (χ2n) is 4.96. The van der Waals surface area contributed by atoms with Crippen LogP contribution in [0.1, 0.15) is 34.5 Å². The SMILES string of the molecule is COC(=O)c1scc(C)c1S(=O)(=O)NC1CCCC1C#N. The first-order valence-electron chi connectivity index (χ1n) is 6.49. The van der Waals surface area contributed by atoms with Gasteiger partial charge in [-0.2, -0.15) is 5.26 Å². The van der Waals surface area contributed by atoms with Crippen LogP contribution in [0.15, 0.2) is 10.3 Å². The third kappa shape index (κ3) is 3.10. The Hall–Kier alpha value is -1.43. The lowest BCUT2D eigenvalue weighted by Crippen LogP contribution is -2.37. The average Bonchev–Trinajstić information content (AvgIpc) is 3.03. The van der Waals surface area contributed by atoms with Crippen LogP contribution in [-0.2, 0) is 14.8 Å². The van der Waals surface area contributed by atoms with Crippen LogP contribution in [0.3, 0.4) is 0 Å². The Bertz CT molecular complexity index is 688. The van der Waals surface area contributed by atoms with E-state index in [9.17, 15) is 13.2 Å². The summed E-state index contributed by atoms with van der Waals surface area (Å²) in [5.41, 5.74) is 0.499. The number of nitriles is 1. The van der Waals surface area contributed by atoms with Crippen molar-refractivity contribution in [2.75, 3.05) is 7.11 Å². The predicted molar refractivity (Wildman–Crippen MR) is 77.5 cm³/mol. The first-order valence-corrected chi connectivity index (χ1v) is 8.85. The van der Waals surface area contributed by atoms with Crippen molar-refractivity contribution < 1.29 is 17.9 Å². The fourth-order valence-electron chi connectivity index (χ4n) is 2.51. The van der Waals surface area contributed by atoms with Gasteiger partial charge in [0.25, 0.3) is 0 Å². The average molecular weight is 328 g/mol. The summed E-state index contributed by atoms with van der Waals surface area (Å²) in [7, 11) is -2.64. The number of nitrogens with zero attached hydrogens (tertiary/aromatic N) is 1. The van der Waals surface area contributed by atoms with Crippen LogP contribution >= 0.6 is 11.3 Å². The minimum atomic E-state index is -3.85. The monoisotopic (exact) mass is 328 g/mol. The molecule has 0 aliphatic heterocycles. The normalized spacial score (nSPS) is 22.0. The van der Waals surface area contributed by atoms with E-state index in [1.54, 1.807) is 12.3 Å². The summed E-state index contributed by atoms with van der Waals surface area (Å²) in [6.45, 7) is 1.63. The Morgan fingerprint density at radius 3 is 2.86 bits per heavy atom. The summed E-state index contributed by atoms with van der Waals surface area (Å²) < 4.78 is 32.3. The molecule has 1 N–H and O–H groups in total. The molecule has 0 aromatic carbocycles. The van der Waals surface area contributed by atoms with E-state index in [1.807, 2.05) is 0 Å². The number of nitrogens with one attached hydrogen (secondary N) is 1. The lowest BCUT2D eigenvalue weighted by Gasteiger charge is -2.16. The first-order chi connectivity index (χ1) is 9.90. The molecule has 1 aromatic heterocycles. The molecule has 0 amide bonds. The van der Waals surface area contributed by atoms with Crippen LogP contribution in [0.4, 0.5) is 0 Å². The summed E-state index contributed by atoms with van der Waals surface area (Å²) in [5.74, 6) is -0.989. The first kappa shape index (κ1) is 15.9. The molecule has 1 heterocycles. The zero-order valence-corrected chi connectivity index (χ0v) is 13.4. The van der Waals surface area contributed by atoms with Crippen molar-refractivity contribution in [2.45, 2.75) is 37.1 Å². The highest BCUT2D eigenvalue weighted by Crippen LogP contribution is 2.30. The van der Waals surface area contributed by atoms with Gasteiger partial charge in [-0.05, 0) is 30.7 Å². The van der Waals surface area contributed by atoms with E-state index in [4.69, 9.17) is 5.26 Å². The van der Waals surface area contributed by atoms with E-state index in [-0.39, 0.29) is 15.7 Å². The Morgan fingerprint density at radius 1 is 1.52 bits per heavy atom. The fourth-order valence-corrected chi connectivity index (χ4v) is 5.53. The second-order valence-corrected chi connectivity index (χ2v) is 7.49. The number of carbonyl (C=O) groups excluding carboxylic acids is 1. The number of aryl methyl sites for hydroxylation is 1. The molecule has 2 rings (SSSR count). The van der Waals surface area contributed by atoms with Crippen LogP contribution < -0.4 is 4.72 Å². The van der Waals surface area contributed by atoms with Gasteiger partial charge >= 0.3 is 5.97 Å². The summed E-state index contributed by atoms with van der Waals surface area (Å²) in [4.78, 5) is 11.7. The van der Waals surface area contributed by atoms with E-state index in [1.165, 1.54) is 7.11 Å². The summed E-state index contributed by atoms with van der Waals surface area (Å²) in [6.07, 6.45) is 2.14. The number of rotatable bonds is 4. The zero-order valence-electron chi connectivity index (χ0n) is 11.8. The molecular formula is C13H16N2O4S2. The summed E-state index contributed by atoms with van der Waals surface area (Å²) >= 11 is 1.04. The minimum absolute atomic E-state index is 0.0389. The largest absolute Gasteiger partial charge is 0.465 e. The lowest BCUT2D eigenvalue weighted by molar-refractivity contribution is 0.0602. The van der Waals surface area contributed by atoms with Gasteiger partial charge in [0.15, 0.2) is 0 Å². The molecule has 1 fully saturated rings. The standard InChI is InChI=1S/C13H16N2O4S2/c1-8-7-20-11(13(16)19-2)12(8)21(17,18)15-10-5-3-4-9(10)6-14/h7,9-10,15H,3-5H2,1-2H3. The van der Waals surface area contributed by atoms with Gasteiger partial charge in [0.2, 0.25) is 10.0 Å². The van der Waals surface area contributed by atoms with Crippen molar-refractivity contribution in [1.29, 1.82) is 5.26 Å². The second kappa shape index (κ2) is 6.13. The van der Waals surface area contributed by atoms with Crippen molar-refractivity contribution in [3.05, 3.63) is 15.8 Å². The van der Waals surface area contributed by atoms with Crippen molar-refractivity contribution in [1.82, 2.24) is 4.72 Å². The van der Waals surface area contributed by atoms with E-state index in [2.05, 4.69) is 15.5 Å². The van der Waals surface area contributed by atoms with E-state index in [0.29, 0.717) is 18.4 Å². The summed E-state index contributed by atoms with van der Waals surface area (Å²) in [5, 5.41) is 10.7.